The summed E-state index contributed by atoms with van der Waals surface area (Å²) in [6.45, 7) is 0. The van der Waals surface area contributed by atoms with Crippen molar-refractivity contribution in [2.75, 3.05) is 0 Å². The normalized spacial score (nSPS) is 8.90. The van der Waals surface area contributed by atoms with Crippen LogP contribution in [0.3, 0.4) is 0 Å². The van der Waals surface area contributed by atoms with Gasteiger partial charge in [-0.1, -0.05) is 5.92 Å². The summed E-state index contributed by atoms with van der Waals surface area (Å²) in [6.07, 6.45) is 6.57. The molecule has 0 saturated carbocycles. The van der Waals surface area contributed by atoms with Crippen LogP contribution >= 0.6 is 0 Å². The molecular formula is C6H6BNO2. The average Bonchev–Trinajstić information content (AvgIpc) is 2.34. The molecule has 0 unspecified atom stereocenters. The van der Waals surface area contributed by atoms with Crippen molar-refractivity contribution in [3.8, 4) is 12.3 Å². The lowest BCUT2D eigenvalue weighted by atomic mass is 9.86. The Labute approximate surface area is 58.9 Å². The van der Waals surface area contributed by atoms with E-state index in [2.05, 4.69) is 10.9 Å². The molecule has 0 aliphatic carbocycles. The number of nitrogens with one attached hydrogen (secondary N) is 1. The van der Waals surface area contributed by atoms with Crippen LogP contribution in [0.5, 0.6) is 0 Å². The summed E-state index contributed by atoms with van der Waals surface area (Å²) in [5.74, 6) is 2.35. The third kappa shape index (κ3) is 1.21. The summed E-state index contributed by atoms with van der Waals surface area (Å²) < 4.78 is 0. The van der Waals surface area contributed by atoms with Gasteiger partial charge < -0.3 is 15.0 Å². The van der Waals surface area contributed by atoms with E-state index >= 15 is 0 Å². The Bertz CT molecular complexity index is 261. The van der Waals surface area contributed by atoms with Crippen LogP contribution in [0.25, 0.3) is 0 Å². The van der Waals surface area contributed by atoms with E-state index in [0.717, 1.165) is 0 Å². The van der Waals surface area contributed by atoms with E-state index in [0.29, 0.717) is 11.2 Å². The monoisotopic (exact) mass is 135 g/mol. The number of hydrogen-bond acceptors (Lipinski definition) is 2. The zero-order valence-electron chi connectivity index (χ0n) is 5.20. The molecule has 0 atom stereocenters. The van der Waals surface area contributed by atoms with E-state index in [-0.39, 0.29) is 0 Å². The highest BCUT2D eigenvalue weighted by molar-refractivity contribution is 6.57. The Morgan fingerprint density at radius 2 is 2.30 bits per heavy atom. The molecule has 0 radical (unpaired) electrons. The van der Waals surface area contributed by atoms with Crippen LogP contribution in [0.15, 0.2) is 12.3 Å². The summed E-state index contributed by atoms with van der Waals surface area (Å²) in [6, 6.07) is 1.50. The van der Waals surface area contributed by atoms with Gasteiger partial charge in [0.15, 0.2) is 0 Å². The van der Waals surface area contributed by atoms with Crippen LogP contribution in [0.4, 0.5) is 0 Å². The Kier molecular flexibility index (Phi) is 1.81. The van der Waals surface area contributed by atoms with E-state index in [1.807, 2.05) is 0 Å². The largest absolute Gasteiger partial charge is 0.505 e. The SMILES string of the molecule is C#Cc1c[nH]c(B(O)O)c1. The van der Waals surface area contributed by atoms with Crippen LogP contribution < -0.4 is 5.59 Å². The van der Waals surface area contributed by atoms with Gasteiger partial charge >= 0.3 is 7.12 Å². The third-order valence-corrected chi connectivity index (χ3v) is 1.15. The Morgan fingerprint density at radius 3 is 2.60 bits per heavy atom. The second-order valence-electron chi connectivity index (χ2n) is 1.86. The van der Waals surface area contributed by atoms with E-state index in [1.165, 1.54) is 12.3 Å². The average molecular weight is 135 g/mol. The fourth-order valence-electron chi connectivity index (χ4n) is 0.644. The fraction of sp³-hybridized carbons (Fsp3) is 0. The third-order valence-electron chi connectivity index (χ3n) is 1.15. The fourth-order valence-corrected chi connectivity index (χ4v) is 0.644. The minimum atomic E-state index is -1.47. The highest BCUT2D eigenvalue weighted by Gasteiger charge is 2.11. The van der Waals surface area contributed by atoms with Crippen molar-refractivity contribution in [3.05, 3.63) is 17.8 Å². The lowest BCUT2D eigenvalue weighted by Crippen LogP contribution is -2.30. The van der Waals surface area contributed by atoms with E-state index in [4.69, 9.17) is 16.5 Å². The van der Waals surface area contributed by atoms with Gasteiger partial charge in [-0.05, 0) is 6.07 Å². The molecule has 0 fully saturated rings. The summed E-state index contributed by atoms with van der Waals surface area (Å²) in [7, 11) is -1.47. The lowest BCUT2D eigenvalue weighted by Gasteiger charge is -1.88. The van der Waals surface area contributed by atoms with Crippen molar-refractivity contribution >= 4 is 12.7 Å². The lowest BCUT2D eigenvalue weighted by molar-refractivity contribution is 0.424. The molecule has 3 nitrogen and oxygen atoms in total. The van der Waals surface area contributed by atoms with Gasteiger partial charge in [-0.15, -0.1) is 6.42 Å². The van der Waals surface area contributed by atoms with Crippen LogP contribution in [0, 0.1) is 12.3 Å². The predicted octanol–water partition coefficient (Wildman–Crippen LogP) is -1.32. The van der Waals surface area contributed by atoms with Crippen LogP contribution in [0.2, 0.25) is 0 Å². The highest BCUT2D eigenvalue weighted by Crippen LogP contribution is 1.90. The zero-order chi connectivity index (χ0) is 7.56. The quantitative estimate of drug-likeness (QED) is 0.330. The molecule has 50 valence electrons. The molecule has 0 aromatic carbocycles. The van der Waals surface area contributed by atoms with Crippen LogP contribution in [-0.4, -0.2) is 22.2 Å². The maximum absolute atomic E-state index is 8.59. The molecule has 1 heterocycles. The molecule has 10 heavy (non-hydrogen) atoms. The first-order valence-corrected chi connectivity index (χ1v) is 2.75. The molecule has 1 rings (SSSR count). The first-order chi connectivity index (χ1) is 4.74. The molecule has 0 spiro atoms. The van der Waals surface area contributed by atoms with Gasteiger partial charge in [0.2, 0.25) is 0 Å². The number of H-pyrrole nitrogens is 1. The molecule has 0 bridgehead atoms. The number of hydrogen-bond donors (Lipinski definition) is 3. The summed E-state index contributed by atoms with van der Waals surface area (Å²) >= 11 is 0. The predicted molar refractivity (Wildman–Crippen MR) is 38.6 cm³/mol. The van der Waals surface area contributed by atoms with Gasteiger partial charge in [-0.25, -0.2) is 0 Å². The molecular weight excluding hydrogens is 129 g/mol. The number of terminal acetylenes is 1. The van der Waals surface area contributed by atoms with Crippen LogP contribution in [-0.2, 0) is 0 Å². The molecule has 1 aromatic rings. The minimum absolute atomic E-state index is 0.313. The number of aromatic nitrogens is 1. The van der Waals surface area contributed by atoms with E-state index in [1.54, 1.807) is 0 Å². The zero-order valence-corrected chi connectivity index (χ0v) is 5.20. The van der Waals surface area contributed by atoms with Crippen molar-refractivity contribution in [2.45, 2.75) is 0 Å². The maximum Gasteiger partial charge on any atom is 0.505 e. The smallest absolute Gasteiger partial charge is 0.422 e. The van der Waals surface area contributed by atoms with Gasteiger partial charge in [-0.2, -0.15) is 0 Å². The maximum atomic E-state index is 8.59. The standard InChI is InChI=1S/C6H6BNO2/c1-2-5-3-6(7(9)10)8-4-5/h1,3-4,8-10H. The molecule has 4 heteroatoms. The van der Waals surface area contributed by atoms with Crippen molar-refractivity contribution in [3.63, 3.8) is 0 Å². The molecule has 0 aliphatic heterocycles. The first-order valence-electron chi connectivity index (χ1n) is 2.75. The summed E-state index contributed by atoms with van der Waals surface area (Å²) in [4.78, 5) is 2.61. The first kappa shape index (κ1) is 6.94. The van der Waals surface area contributed by atoms with Crippen molar-refractivity contribution in [1.82, 2.24) is 4.98 Å². The van der Waals surface area contributed by atoms with Crippen molar-refractivity contribution < 1.29 is 10.0 Å². The molecule has 0 saturated heterocycles. The Morgan fingerprint density at radius 1 is 1.60 bits per heavy atom. The van der Waals surface area contributed by atoms with Gasteiger partial charge in [-0.3, -0.25) is 0 Å². The molecule has 1 aromatic heterocycles. The Balaban J connectivity index is 2.91. The molecule has 3 N–H and O–H groups in total. The second-order valence-corrected chi connectivity index (χ2v) is 1.86. The van der Waals surface area contributed by atoms with E-state index in [9.17, 15) is 0 Å². The van der Waals surface area contributed by atoms with Gasteiger partial charge in [0.05, 0.1) is 0 Å². The minimum Gasteiger partial charge on any atom is -0.422 e. The van der Waals surface area contributed by atoms with E-state index < -0.39 is 7.12 Å². The molecule has 0 aliphatic rings. The van der Waals surface area contributed by atoms with Gasteiger partial charge in [0.25, 0.3) is 0 Å². The Hall–Kier alpha value is -1.18. The topological polar surface area (TPSA) is 56.2 Å². The van der Waals surface area contributed by atoms with Crippen LogP contribution in [0.1, 0.15) is 5.56 Å². The molecule has 0 amide bonds. The van der Waals surface area contributed by atoms with Crippen molar-refractivity contribution in [2.24, 2.45) is 0 Å². The van der Waals surface area contributed by atoms with Crippen molar-refractivity contribution in [1.29, 1.82) is 0 Å². The summed E-state index contributed by atoms with van der Waals surface area (Å²) in [5.41, 5.74) is 0.927. The van der Waals surface area contributed by atoms with Gasteiger partial charge in [0.1, 0.15) is 0 Å². The number of rotatable bonds is 1. The second kappa shape index (κ2) is 2.61. The number of aromatic amines is 1. The van der Waals surface area contributed by atoms with Gasteiger partial charge in [0, 0.05) is 17.4 Å². The summed E-state index contributed by atoms with van der Waals surface area (Å²) in [5, 5.41) is 17.2. The highest BCUT2D eigenvalue weighted by atomic mass is 16.4.